The summed E-state index contributed by atoms with van der Waals surface area (Å²) in [6.45, 7) is 1.65. The summed E-state index contributed by atoms with van der Waals surface area (Å²) in [4.78, 5) is 32.9. The molecule has 1 saturated heterocycles. The Morgan fingerprint density at radius 1 is 1.36 bits per heavy atom. The molecule has 0 unspecified atom stereocenters. The van der Waals surface area contributed by atoms with Gasteiger partial charge in [0.1, 0.15) is 18.6 Å². The zero-order valence-corrected chi connectivity index (χ0v) is 12.8. The third-order valence-corrected chi connectivity index (χ3v) is 3.94. The number of hydrogen-bond acceptors (Lipinski definition) is 5. The van der Waals surface area contributed by atoms with Crippen molar-refractivity contribution in [1.29, 1.82) is 0 Å². The molecule has 2 rings (SSSR count). The zero-order valence-electron chi connectivity index (χ0n) is 12.8. The fraction of sp³-hybridized carbons (Fsp3) is 0.600. The van der Waals surface area contributed by atoms with E-state index in [4.69, 9.17) is 10.5 Å². The van der Waals surface area contributed by atoms with Gasteiger partial charge in [0, 0.05) is 25.9 Å². The van der Waals surface area contributed by atoms with Gasteiger partial charge in [-0.1, -0.05) is 0 Å². The molecule has 1 aromatic rings. The van der Waals surface area contributed by atoms with Crippen molar-refractivity contribution in [2.24, 2.45) is 11.7 Å². The summed E-state index contributed by atoms with van der Waals surface area (Å²) in [5.41, 5.74) is 6.31. The standard InChI is InChI=1S/C15H22N4O3/c1-22-9-14(20)19-5-2-3-11(4-6-19)7-12-8-13(15(16)21)18-10-17-12/h8,10-11H,2-7,9H2,1H3,(H2,16,21)/t11-/m0/s1. The van der Waals surface area contributed by atoms with Gasteiger partial charge in [-0.2, -0.15) is 0 Å². The molecule has 7 nitrogen and oxygen atoms in total. The van der Waals surface area contributed by atoms with Crippen molar-refractivity contribution in [1.82, 2.24) is 14.9 Å². The normalized spacial score (nSPS) is 18.8. The van der Waals surface area contributed by atoms with Gasteiger partial charge in [0.2, 0.25) is 5.91 Å². The highest BCUT2D eigenvalue weighted by Gasteiger charge is 2.21. The smallest absolute Gasteiger partial charge is 0.267 e. The quantitative estimate of drug-likeness (QED) is 0.848. The van der Waals surface area contributed by atoms with Crippen LogP contribution in [0.4, 0.5) is 0 Å². The van der Waals surface area contributed by atoms with Crippen molar-refractivity contribution < 1.29 is 14.3 Å². The predicted molar refractivity (Wildman–Crippen MR) is 80.1 cm³/mol. The van der Waals surface area contributed by atoms with Crippen LogP contribution in [0.5, 0.6) is 0 Å². The number of likely N-dealkylation sites (tertiary alicyclic amines) is 1. The number of hydrogen-bond donors (Lipinski definition) is 1. The molecule has 0 spiro atoms. The molecule has 2 N–H and O–H groups in total. The second kappa shape index (κ2) is 7.84. The largest absolute Gasteiger partial charge is 0.375 e. The van der Waals surface area contributed by atoms with Crippen molar-refractivity contribution >= 4 is 11.8 Å². The Hall–Kier alpha value is -2.02. The lowest BCUT2D eigenvalue weighted by atomic mass is 9.95. The van der Waals surface area contributed by atoms with Gasteiger partial charge in [-0.3, -0.25) is 9.59 Å². The number of amides is 2. The Balaban J connectivity index is 1.93. The molecule has 1 aliphatic rings. The number of carbonyl (C=O) groups is 2. The van der Waals surface area contributed by atoms with E-state index in [9.17, 15) is 9.59 Å². The van der Waals surface area contributed by atoms with Crippen LogP contribution in [-0.4, -0.2) is 53.5 Å². The van der Waals surface area contributed by atoms with E-state index in [1.165, 1.54) is 13.4 Å². The number of nitrogens with two attached hydrogens (primary N) is 1. The summed E-state index contributed by atoms with van der Waals surface area (Å²) in [6, 6.07) is 1.65. The number of ether oxygens (including phenoxy) is 1. The maximum atomic E-state index is 11.9. The van der Waals surface area contributed by atoms with Gasteiger partial charge < -0.3 is 15.4 Å². The Morgan fingerprint density at radius 3 is 2.91 bits per heavy atom. The molecular weight excluding hydrogens is 284 g/mol. The van der Waals surface area contributed by atoms with E-state index in [-0.39, 0.29) is 18.2 Å². The Labute approximate surface area is 129 Å². The number of aromatic nitrogens is 2. The fourth-order valence-electron chi connectivity index (χ4n) is 2.77. The van der Waals surface area contributed by atoms with Crippen molar-refractivity contribution in [2.75, 3.05) is 26.8 Å². The molecule has 0 bridgehead atoms. The monoisotopic (exact) mass is 306 g/mol. The molecule has 1 fully saturated rings. The van der Waals surface area contributed by atoms with E-state index >= 15 is 0 Å². The summed E-state index contributed by atoms with van der Waals surface area (Å²) in [7, 11) is 1.53. The highest BCUT2D eigenvalue weighted by molar-refractivity contribution is 5.90. The first-order chi connectivity index (χ1) is 10.6. The topological polar surface area (TPSA) is 98.4 Å². The molecular formula is C15H22N4O3. The molecule has 120 valence electrons. The van der Waals surface area contributed by atoms with E-state index in [0.717, 1.165) is 44.5 Å². The molecule has 0 aromatic carbocycles. The van der Waals surface area contributed by atoms with Crippen LogP contribution in [-0.2, 0) is 16.0 Å². The SMILES string of the molecule is COCC(=O)N1CCC[C@H](Cc2cc(C(N)=O)ncn2)CC1. The van der Waals surface area contributed by atoms with Gasteiger partial charge >= 0.3 is 0 Å². The van der Waals surface area contributed by atoms with Gasteiger partial charge in [0.15, 0.2) is 0 Å². The van der Waals surface area contributed by atoms with Crippen LogP contribution in [0.25, 0.3) is 0 Å². The molecule has 22 heavy (non-hydrogen) atoms. The second-order valence-corrected chi connectivity index (χ2v) is 5.57. The van der Waals surface area contributed by atoms with Gasteiger partial charge in [-0.15, -0.1) is 0 Å². The van der Waals surface area contributed by atoms with Crippen LogP contribution in [0.2, 0.25) is 0 Å². The first-order valence-corrected chi connectivity index (χ1v) is 7.47. The molecule has 0 saturated carbocycles. The minimum absolute atomic E-state index is 0.0428. The molecule has 1 aromatic heterocycles. The summed E-state index contributed by atoms with van der Waals surface area (Å²) in [5, 5.41) is 0. The maximum Gasteiger partial charge on any atom is 0.267 e. The number of methoxy groups -OCH3 is 1. The Kier molecular flexibility index (Phi) is 5.83. The predicted octanol–water partition coefficient (Wildman–Crippen LogP) is 0.393. The fourth-order valence-corrected chi connectivity index (χ4v) is 2.77. The summed E-state index contributed by atoms with van der Waals surface area (Å²) in [6.07, 6.45) is 5.07. The molecule has 2 amide bonds. The van der Waals surface area contributed by atoms with Crippen LogP contribution >= 0.6 is 0 Å². The highest BCUT2D eigenvalue weighted by atomic mass is 16.5. The van der Waals surface area contributed by atoms with E-state index in [1.807, 2.05) is 4.90 Å². The molecule has 0 radical (unpaired) electrons. The van der Waals surface area contributed by atoms with Gasteiger partial charge in [0.05, 0.1) is 0 Å². The number of rotatable bonds is 5. The second-order valence-electron chi connectivity index (χ2n) is 5.57. The van der Waals surface area contributed by atoms with E-state index in [0.29, 0.717) is 5.92 Å². The first kappa shape index (κ1) is 16.4. The molecule has 2 heterocycles. The van der Waals surface area contributed by atoms with Crippen LogP contribution in [0.15, 0.2) is 12.4 Å². The van der Waals surface area contributed by atoms with Crippen LogP contribution in [0.3, 0.4) is 0 Å². The number of carbonyl (C=O) groups excluding carboxylic acids is 2. The zero-order chi connectivity index (χ0) is 15.9. The summed E-state index contributed by atoms with van der Waals surface area (Å²) >= 11 is 0. The lowest BCUT2D eigenvalue weighted by Crippen LogP contribution is -2.34. The van der Waals surface area contributed by atoms with Crippen LogP contribution in [0.1, 0.15) is 35.4 Å². The first-order valence-electron chi connectivity index (χ1n) is 7.47. The van der Waals surface area contributed by atoms with Crippen molar-refractivity contribution in [3.8, 4) is 0 Å². The Morgan fingerprint density at radius 2 is 2.18 bits per heavy atom. The van der Waals surface area contributed by atoms with Crippen LogP contribution < -0.4 is 5.73 Å². The van der Waals surface area contributed by atoms with E-state index < -0.39 is 5.91 Å². The minimum Gasteiger partial charge on any atom is -0.375 e. The average molecular weight is 306 g/mol. The average Bonchev–Trinajstić information content (AvgIpc) is 2.73. The van der Waals surface area contributed by atoms with Crippen molar-refractivity contribution in [2.45, 2.75) is 25.7 Å². The van der Waals surface area contributed by atoms with Gasteiger partial charge in [0.25, 0.3) is 5.91 Å². The molecule has 1 atom stereocenters. The highest BCUT2D eigenvalue weighted by Crippen LogP contribution is 2.21. The number of primary amides is 1. The Bertz CT molecular complexity index is 535. The minimum atomic E-state index is -0.541. The molecule has 0 aliphatic carbocycles. The molecule has 1 aliphatic heterocycles. The van der Waals surface area contributed by atoms with Gasteiger partial charge in [-0.25, -0.2) is 9.97 Å². The molecule has 7 heteroatoms. The van der Waals surface area contributed by atoms with E-state index in [1.54, 1.807) is 6.07 Å². The number of nitrogens with zero attached hydrogens (tertiary/aromatic N) is 3. The third-order valence-electron chi connectivity index (χ3n) is 3.94. The summed E-state index contributed by atoms with van der Waals surface area (Å²) < 4.78 is 4.90. The lowest BCUT2D eigenvalue weighted by molar-refractivity contribution is -0.135. The maximum absolute atomic E-state index is 11.9. The van der Waals surface area contributed by atoms with Gasteiger partial charge in [-0.05, 0) is 37.7 Å². The van der Waals surface area contributed by atoms with Crippen molar-refractivity contribution in [3.05, 3.63) is 23.8 Å². The lowest BCUT2D eigenvalue weighted by Gasteiger charge is -2.20. The van der Waals surface area contributed by atoms with Crippen molar-refractivity contribution in [3.63, 3.8) is 0 Å². The third kappa shape index (κ3) is 4.49. The van der Waals surface area contributed by atoms with E-state index in [2.05, 4.69) is 9.97 Å². The van der Waals surface area contributed by atoms with Crippen LogP contribution in [0, 0.1) is 5.92 Å². The summed E-state index contributed by atoms with van der Waals surface area (Å²) in [5.74, 6) is -0.0574.